The van der Waals surface area contributed by atoms with Gasteiger partial charge in [0, 0.05) is 45.1 Å². The zero-order chi connectivity index (χ0) is 22.3. The molecular weight excluding hydrogens is 388 g/mol. The molecule has 2 aliphatic rings. The van der Waals surface area contributed by atoms with Crippen molar-refractivity contribution < 1.29 is 9.53 Å². The number of amides is 1. The van der Waals surface area contributed by atoms with E-state index in [1.807, 2.05) is 17.0 Å². The lowest BCUT2D eigenvalue weighted by molar-refractivity contribution is -0.128. The van der Waals surface area contributed by atoms with Crippen molar-refractivity contribution in [3.05, 3.63) is 35.4 Å². The van der Waals surface area contributed by atoms with Crippen LogP contribution in [0.2, 0.25) is 0 Å². The minimum absolute atomic E-state index is 0.133. The van der Waals surface area contributed by atoms with Gasteiger partial charge in [-0.05, 0) is 42.7 Å². The number of ether oxygens (including phenoxy) is 1. The average molecular weight is 429 g/mol. The molecule has 1 amide bonds. The van der Waals surface area contributed by atoms with Crippen molar-refractivity contribution in [2.45, 2.75) is 72.6 Å². The fourth-order valence-electron chi connectivity index (χ4n) is 4.69. The summed E-state index contributed by atoms with van der Waals surface area (Å²) in [7, 11) is 0. The molecule has 0 bridgehead atoms. The zero-order valence-corrected chi connectivity index (χ0v) is 19.7. The van der Waals surface area contributed by atoms with Crippen LogP contribution >= 0.6 is 0 Å². The highest BCUT2D eigenvalue weighted by Gasteiger charge is 2.35. The first-order valence-electron chi connectivity index (χ1n) is 11.9. The molecule has 2 heterocycles. The van der Waals surface area contributed by atoms with Crippen molar-refractivity contribution in [1.29, 1.82) is 0 Å². The maximum absolute atomic E-state index is 12.0. The largest absolute Gasteiger partial charge is 0.377 e. The van der Waals surface area contributed by atoms with Crippen LogP contribution in [0.15, 0.2) is 29.3 Å². The van der Waals surface area contributed by atoms with Crippen molar-refractivity contribution in [2.75, 3.05) is 26.2 Å². The Morgan fingerprint density at radius 2 is 1.97 bits per heavy atom. The number of guanidine groups is 1. The molecule has 2 atom stereocenters. The van der Waals surface area contributed by atoms with Gasteiger partial charge in [-0.1, -0.05) is 45.0 Å². The van der Waals surface area contributed by atoms with Crippen molar-refractivity contribution in [2.24, 2.45) is 16.3 Å². The van der Waals surface area contributed by atoms with E-state index in [1.165, 1.54) is 17.5 Å². The monoisotopic (exact) mass is 428 g/mol. The first-order chi connectivity index (χ1) is 14.9. The topological polar surface area (TPSA) is 66.0 Å². The molecule has 6 nitrogen and oxygen atoms in total. The molecule has 2 N–H and O–H groups in total. The molecular formula is C25H40N4O2. The van der Waals surface area contributed by atoms with Gasteiger partial charge in [0.15, 0.2) is 5.96 Å². The van der Waals surface area contributed by atoms with E-state index in [-0.39, 0.29) is 17.4 Å². The molecule has 0 saturated carbocycles. The number of likely N-dealkylation sites (tertiary alicyclic amines) is 1. The van der Waals surface area contributed by atoms with Crippen LogP contribution in [0.4, 0.5) is 0 Å². The predicted molar refractivity (Wildman–Crippen MR) is 126 cm³/mol. The van der Waals surface area contributed by atoms with Crippen LogP contribution in [-0.4, -0.2) is 49.1 Å². The zero-order valence-electron chi connectivity index (χ0n) is 19.7. The number of nitrogens with one attached hydrogen (secondary N) is 2. The van der Waals surface area contributed by atoms with Crippen LogP contribution in [0.3, 0.4) is 0 Å². The second-order valence-corrected chi connectivity index (χ2v) is 9.82. The molecule has 6 heteroatoms. The van der Waals surface area contributed by atoms with Gasteiger partial charge in [-0.25, -0.2) is 4.99 Å². The summed E-state index contributed by atoms with van der Waals surface area (Å²) in [6.45, 7) is 13.6. The number of nitrogens with zero attached hydrogens (tertiary/aromatic N) is 2. The standard InChI is InChI=1S/C25H40N4O2/c1-5-26-24(28-17-20-12-9-15-31-23(20)25(2,3)4)27-16-19-10-6-7-11-21(19)18-29-14-8-13-22(29)30/h6-7,10-11,20,23H,5,8-9,12-18H2,1-4H3,(H2,26,27,28). The third-order valence-electron chi connectivity index (χ3n) is 6.23. The van der Waals surface area contributed by atoms with Gasteiger partial charge >= 0.3 is 0 Å². The number of aliphatic imine (C=N–C) groups is 1. The second-order valence-electron chi connectivity index (χ2n) is 9.82. The van der Waals surface area contributed by atoms with Crippen molar-refractivity contribution >= 4 is 11.9 Å². The number of hydrogen-bond acceptors (Lipinski definition) is 3. The van der Waals surface area contributed by atoms with Gasteiger partial charge in [-0.15, -0.1) is 0 Å². The van der Waals surface area contributed by atoms with Gasteiger partial charge in [0.1, 0.15) is 0 Å². The van der Waals surface area contributed by atoms with E-state index in [4.69, 9.17) is 9.73 Å². The van der Waals surface area contributed by atoms with E-state index in [1.54, 1.807) is 0 Å². The maximum Gasteiger partial charge on any atom is 0.222 e. The molecule has 2 unspecified atom stereocenters. The van der Waals surface area contributed by atoms with E-state index in [0.717, 1.165) is 45.0 Å². The Hall–Kier alpha value is -2.08. The van der Waals surface area contributed by atoms with Crippen molar-refractivity contribution in [3.63, 3.8) is 0 Å². The number of carbonyl (C=O) groups excluding carboxylic acids is 1. The summed E-state index contributed by atoms with van der Waals surface area (Å²) in [6, 6.07) is 8.33. The molecule has 31 heavy (non-hydrogen) atoms. The van der Waals surface area contributed by atoms with Crippen LogP contribution in [0, 0.1) is 11.3 Å². The molecule has 0 radical (unpaired) electrons. The van der Waals surface area contributed by atoms with Crippen LogP contribution in [0.25, 0.3) is 0 Å². The minimum atomic E-state index is 0.133. The van der Waals surface area contributed by atoms with Gasteiger partial charge < -0.3 is 20.3 Å². The molecule has 2 saturated heterocycles. The summed E-state index contributed by atoms with van der Waals surface area (Å²) in [5.41, 5.74) is 2.49. The van der Waals surface area contributed by atoms with Crippen LogP contribution in [0.5, 0.6) is 0 Å². The molecule has 2 fully saturated rings. The van der Waals surface area contributed by atoms with Gasteiger partial charge in [0.25, 0.3) is 0 Å². The molecule has 1 aromatic carbocycles. The van der Waals surface area contributed by atoms with E-state index in [9.17, 15) is 4.79 Å². The molecule has 3 rings (SSSR count). The van der Waals surface area contributed by atoms with E-state index in [2.05, 4.69) is 50.5 Å². The first kappa shape index (κ1) is 23.6. The lowest BCUT2D eigenvalue weighted by Crippen LogP contribution is -2.47. The minimum Gasteiger partial charge on any atom is -0.377 e. The van der Waals surface area contributed by atoms with Crippen molar-refractivity contribution in [1.82, 2.24) is 15.5 Å². The Bertz CT molecular complexity index is 756. The number of hydrogen-bond donors (Lipinski definition) is 2. The molecule has 0 aromatic heterocycles. The second kappa shape index (κ2) is 11.0. The highest BCUT2D eigenvalue weighted by atomic mass is 16.5. The Kier molecular flexibility index (Phi) is 8.35. The summed E-state index contributed by atoms with van der Waals surface area (Å²) in [5.74, 6) is 1.58. The normalized spacial score (nSPS) is 22.6. The first-order valence-corrected chi connectivity index (χ1v) is 11.9. The number of benzene rings is 1. The lowest BCUT2D eigenvalue weighted by Gasteiger charge is -2.40. The Morgan fingerprint density at radius 1 is 1.19 bits per heavy atom. The average Bonchev–Trinajstić information content (AvgIpc) is 3.15. The van der Waals surface area contributed by atoms with Gasteiger partial charge in [0.05, 0.1) is 12.6 Å². The Morgan fingerprint density at radius 3 is 2.65 bits per heavy atom. The Balaban J connectivity index is 1.64. The molecule has 0 spiro atoms. The summed E-state index contributed by atoms with van der Waals surface area (Å²) in [5, 5.41) is 6.94. The number of rotatable bonds is 7. The molecule has 172 valence electrons. The summed E-state index contributed by atoms with van der Waals surface area (Å²) in [4.78, 5) is 18.9. The lowest BCUT2D eigenvalue weighted by atomic mass is 9.78. The van der Waals surface area contributed by atoms with Crippen LogP contribution < -0.4 is 10.6 Å². The molecule has 2 aliphatic heterocycles. The van der Waals surface area contributed by atoms with Crippen LogP contribution in [0.1, 0.15) is 64.5 Å². The van der Waals surface area contributed by atoms with Crippen LogP contribution in [-0.2, 0) is 22.6 Å². The predicted octanol–water partition coefficient (Wildman–Crippen LogP) is 3.71. The highest BCUT2D eigenvalue weighted by molar-refractivity contribution is 5.80. The third kappa shape index (κ3) is 6.70. The van der Waals surface area contributed by atoms with Crippen molar-refractivity contribution in [3.8, 4) is 0 Å². The third-order valence-corrected chi connectivity index (χ3v) is 6.23. The van der Waals surface area contributed by atoms with E-state index in [0.29, 0.717) is 25.4 Å². The van der Waals surface area contributed by atoms with Gasteiger partial charge in [-0.2, -0.15) is 0 Å². The molecule has 0 aliphatic carbocycles. The molecule has 1 aromatic rings. The number of carbonyl (C=O) groups is 1. The fourth-order valence-corrected chi connectivity index (χ4v) is 4.69. The highest BCUT2D eigenvalue weighted by Crippen LogP contribution is 2.33. The fraction of sp³-hybridized carbons (Fsp3) is 0.680. The van der Waals surface area contributed by atoms with E-state index < -0.39 is 0 Å². The van der Waals surface area contributed by atoms with Gasteiger partial charge in [0.2, 0.25) is 5.91 Å². The Labute approximate surface area is 187 Å². The quantitative estimate of drug-likeness (QED) is 0.513. The smallest absolute Gasteiger partial charge is 0.222 e. The summed E-state index contributed by atoms with van der Waals surface area (Å²) >= 11 is 0. The summed E-state index contributed by atoms with van der Waals surface area (Å²) < 4.78 is 6.13. The van der Waals surface area contributed by atoms with E-state index >= 15 is 0 Å². The maximum atomic E-state index is 12.0. The SMILES string of the molecule is CCNC(=NCc1ccccc1CN1CCCC1=O)NCC1CCCOC1C(C)(C)C. The summed E-state index contributed by atoms with van der Waals surface area (Å²) in [6.07, 6.45) is 4.20. The van der Waals surface area contributed by atoms with Gasteiger partial charge in [-0.3, -0.25) is 4.79 Å².